The molecular weight excluding hydrogens is 198 g/mol. The Morgan fingerprint density at radius 1 is 1.56 bits per heavy atom. The molecule has 0 saturated carbocycles. The molecule has 0 aliphatic carbocycles. The van der Waals surface area contributed by atoms with Gasteiger partial charge in [-0.05, 0) is 26.3 Å². The van der Waals surface area contributed by atoms with Crippen LogP contribution >= 0.6 is 0 Å². The van der Waals surface area contributed by atoms with Crippen LogP contribution in [-0.2, 0) is 13.0 Å². The van der Waals surface area contributed by atoms with Gasteiger partial charge in [-0.25, -0.2) is 4.98 Å². The predicted octanol–water partition coefficient (Wildman–Crippen LogP) is 2.39. The fourth-order valence-electron chi connectivity index (χ4n) is 1.83. The molecule has 16 heavy (non-hydrogen) atoms. The Morgan fingerprint density at radius 2 is 2.38 bits per heavy atom. The Balaban J connectivity index is 2.55. The van der Waals surface area contributed by atoms with Crippen molar-refractivity contribution >= 4 is 0 Å². The van der Waals surface area contributed by atoms with E-state index in [0.29, 0.717) is 6.04 Å². The summed E-state index contributed by atoms with van der Waals surface area (Å²) in [5.41, 5.74) is 0. The lowest BCUT2D eigenvalue weighted by Crippen LogP contribution is -2.32. The number of aromatic nitrogens is 2. The molecule has 1 N–H and O–H groups in total. The topological polar surface area (TPSA) is 29.9 Å². The number of nitrogens with zero attached hydrogens (tertiary/aromatic N) is 2. The minimum atomic E-state index is 0.463. The van der Waals surface area contributed by atoms with Crippen LogP contribution in [0.1, 0.15) is 32.5 Å². The molecule has 3 nitrogen and oxygen atoms in total. The van der Waals surface area contributed by atoms with E-state index in [1.54, 1.807) is 0 Å². The zero-order chi connectivity index (χ0) is 11.8. The summed E-state index contributed by atoms with van der Waals surface area (Å²) in [5.74, 6) is 1.16. The average Bonchev–Trinajstić information content (AvgIpc) is 2.73. The van der Waals surface area contributed by atoms with Crippen molar-refractivity contribution in [3.8, 4) is 0 Å². The number of hydrogen-bond acceptors (Lipinski definition) is 2. The number of aryl methyl sites for hydroxylation is 1. The Hall–Kier alpha value is -1.09. The lowest BCUT2D eigenvalue weighted by Gasteiger charge is -2.16. The van der Waals surface area contributed by atoms with E-state index in [2.05, 4.69) is 35.3 Å². The van der Waals surface area contributed by atoms with Crippen LogP contribution < -0.4 is 5.32 Å². The Labute approximate surface area is 98.6 Å². The first-order chi connectivity index (χ1) is 7.81. The molecule has 1 unspecified atom stereocenters. The third-order valence-electron chi connectivity index (χ3n) is 2.71. The molecule has 0 fully saturated rings. The highest BCUT2D eigenvalue weighted by molar-refractivity contribution is 4.96. The molecule has 1 aromatic rings. The standard InChI is InChI=1S/C13H23N3/c1-4-7-12(14-8-5-2)11-13-15-9-10-16(13)6-3/h4,9-10,12,14H,1,5-8,11H2,2-3H3. The number of rotatable bonds is 8. The van der Waals surface area contributed by atoms with Gasteiger partial charge < -0.3 is 9.88 Å². The van der Waals surface area contributed by atoms with Crippen molar-refractivity contribution in [2.24, 2.45) is 0 Å². The molecule has 0 aliphatic rings. The highest BCUT2D eigenvalue weighted by atomic mass is 15.1. The maximum atomic E-state index is 4.41. The highest BCUT2D eigenvalue weighted by Crippen LogP contribution is 2.05. The monoisotopic (exact) mass is 221 g/mol. The van der Waals surface area contributed by atoms with Gasteiger partial charge in [0.1, 0.15) is 5.82 Å². The second kappa shape index (κ2) is 7.23. The molecule has 90 valence electrons. The third-order valence-corrected chi connectivity index (χ3v) is 2.71. The van der Waals surface area contributed by atoms with E-state index in [-0.39, 0.29) is 0 Å². The first-order valence-corrected chi connectivity index (χ1v) is 6.16. The number of imidazole rings is 1. The van der Waals surface area contributed by atoms with E-state index in [1.165, 1.54) is 0 Å². The molecule has 0 spiro atoms. The summed E-state index contributed by atoms with van der Waals surface area (Å²) >= 11 is 0. The van der Waals surface area contributed by atoms with Crippen LogP contribution in [0.25, 0.3) is 0 Å². The Morgan fingerprint density at radius 3 is 3.00 bits per heavy atom. The highest BCUT2D eigenvalue weighted by Gasteiger charge is 2.10. The van der Waals surface area contributed by atoms with Crippen LogP contribution in [-0.4, -0.2) is 22.1 Å². The van der Waals surface area contributed by atoms with E-state index in [4.69, 9.17) is 0 Å². The van der Waals surface area contributed by atoms with Crippen LogP contribution in [0.4, 0.5) is 0 Å². The normalized spacial score (nSPS) is 12.6. The number of hydrogen-bond donors (Lipinski definition) is 1. The van der Waals surface area contributed by atoms with Gasteiger partial charge in [-0.2, -0.15) is 0 Å². The molecule has 1 aromatic heterocycles. The molecular formula is C13H23N3. The molecule has 0 aromatic carbocycles. The van der Waals surface area contributed by atoms with Crippen LogP contribution in [0.5, 0.6) is 0 Å². The van der Waals surface area contributed by atoms with Gasteiger partial charge in [0.25, 0.3) is 0 Å². The van der Waals surface area contributed by atoms with E-state index < -0.39 is 0 Å². The first kappa shape index (κ1) is 13.0. The van der Waals surface area contributed by atoms with Gasteiger partial charge in [0.05, 0.1) is 0 Å². The van der Waals surface area contributed by atoms with Crippen LogP contribution in [0.2, 0.25) is 0 Å². The van der Waals surface area contributed by atoms with Crippen LogP contribution in [0.15, 0.2) is 25.0 Å². The van der Waals surface area contributed by atoms with Crippen LogP contribution in [0.3, 0.4) is 0 Å². The van der Waals surface area contributed by atoms with E-state index in [0.717, 1.165) is 38.2 Å². The fraction of sp³-hybridized carbons (Fsp3) is 0.615. The zero-order valence-corrected chi connectivity index (χ0v) is 10.4. The molecule has 0 bridgehead atoms. The summed E-state index contributed by atoms with van der Waals surface area (Å²) < 4.78 is 2.20. The summed E-state index contributed by atoms with van der Waals surface area (Å²) in [6, 6.07) is 0.463. The van der Waals surface area contributed by atoms with Crippen molar-refractivity contribution in [1.82, 2.24) is 14.9 Å². The van der Waals surface area contributed by atoms with Crippen molar-refractivity contribution < 1.29 is 0 Å². The van der Waals surface area contributed by atoms with Gasteiger partial charge >= 0.3 is 0 Å². The van der Waals surface area contributed by atoms with Crippen molar-refractivity contribution in [3.63, 3.8) is 0 Å². The van der Waals surface area contributed by atoms with E-state index in [9.17, 15) is 0 Å². The van der Waals surface area contributed by atoms with Gasteiger partial charge in [0.2, 0.25) is 0 Å². The van der Waals surface area contributed by atoms with Gasteiger partial charge in [0.15, 0.2) is 0 Å². The molecule has 0 radical (unpaired) electrons. The molecule has 3 heteroatoms. The summed E-state index contributed by atoms with van der Waals surface area (Å²) in [6.07, 6.45) is 9.04. The van der Waals surface area contributed by atoms with Gasteiger partial charge in [0, 0.05) is 31.4 Å². The molecule has 1 heterocycles. The molecule has 0 saturated heterocycles. The summed E-state index contributed by atoms with van der Waals surface area (Å²) in [4.78, 5) is 4.41. The second-order valence-corrected chi connectivity index (χ2v) is 4.01. The van der Waals surface area contributed by atoms with Crippen molar-refractivity contribution in [2.75, 3.05) is 6.54 Å². The smallest absolute Gasteiger partial charge is 0.110 e. The lowest BCUT2D eigenvalue weighted by molar-refractivity contribution is 0.492. The molecule has 1 rings (SSSR count). The molecule has 0 aliphatic heterocycles. The largest absolute Gasteiger partial charge is 0.335 e. The maximum Gasteiger partial charge on any atom is 0.110 e. The lowest BCUT2D eigenvalue weighted by atomic mass is 10.1. The predicted molar refractivity (Wildman–Crippen MR) is 68.5 cm³/mol. The molecule has 0 amide bonds. The van der Waals surface area contributed by atoms with Crippen molar-refractivity contribution in [2.45, 2.75) is 45.7 Å². The van der Waals surface area contributed by atoms with Gasteiger partial charge in [-0.15, -0.1) is 6.58 Å². The zero-order valence-electron chi connectivity index (χ0n) is 10.4. The quantitative estimate of drug-likeness (QED) is 0.683. The third kappa shape index (κ3) is 3.81. The van der Waals surface area contributed by atoms with Crippen molar-refractivity contribution in [1.29, 1.82) is 0 Å². The van der Waals surface area contributed by atoms with Crippen LogP contribution in [0, 0.1) is 0 Å². The first-order valence-electron chi connectivity index (χ1n) is 6.16. The Kier molecular flexibility index (Phi) is 5.86. The maximum absolute atomic E-state index is 4.41. The van der Waals surface area contributed by atoms with Crippen molar-refractivity contribution in [3.05, 3.63) is 30.9 Å². The summed E-state index contributed by atoms with van der Waals surface area (Å²) in [7, 11) is 0. The number of nitrogens with one attached hydrogen (secondary N) is 1. The van der Waals surface area contributed by atoms with Gasteiger partial charge in [-0.3, -0.25) is 0 Å². The summed E-state index contributed by atoms with van der Waals surface area (Å²) in [5, 5.41) is 3.54. The Bertz CT molecular complexity index is 304. The molecule has 1 atom stereocenters. The van der Waals surface area contributed by atoms with E-state index in [1.807, 2.05) is 18.5 Å². The average molecular weight is 221 g/mol. The fourth-order valence-corrected chi connectivity index (χ4v) is 1.83. The minimum Gasteiger partial charge on any atom is -0.335 e. The summed E-state index contributed by atoms with van der Waals surface area (Å²) in [6.45, 7) is 10.2. The SMILES string of the molecule is C=CCC(Cc1nccn1CC)NCCC. The second-order valence-electron chi connectivity index (χ2n) is 4.01. The minimum absolute atomic E-state index is 0.463. The van der Waals surface area contributed by atoms with E-state index >= 15 is 0 Å². The van der Waals surface area contributed by atoms with Gasteiger partial charge in [-0.1, -0.05) is 13.0 Å².